The molecule has 1 fully saturated rings. The monoisotopic (exact) mass is 299 g/mol. The van der Waals surface area contributed by atoms with Gasteiger partial charge < -0.3 is 15.2 Å². The first-order chi connectivity index (χ1) is 9.52. The van der Waals surface area contributed by atoms with Gasteiger partial charge in [-0.3, -0.25) is 4.79 Å². The molecule has 1 aliphatic rings. The van der Waals surface area contributed by atoms with Gasteiger partial charge in [-0.05, 0) is 36.5 Å². The number of rotatable bonds is 6. The molecular formula is C15H22ClNO3. The number of carbonyl (C=O) groups is 1. The molecular weight excluding hydrogens is 278 g/mol. The van der Waals surface area contributed by atoms with Crippen molar-refractivity contribution < 1.29 is 14.6 Å². The minimum Gasteiger partial charge on any atom is -0.481 e. The number of methoxy groups -OCH3 is 1. The minimum absolute atomic E-state index is 0.721. The predicted molar refractivity (Wildman–Crippen MR) is 80.2 cm³/mol. The van der Waals surface area contributed by atoms with Gasteiger partial charge in [0.15, 0.2) is 0 Å². The molecule has 0 unspecified atom stereocenters. The van der Waals surface area contributed by atoms with E-state index in [9.17, 15) is 0 Å². The fourth-order valence-corrected chi connectivity index (χ4v) is 1.87. The third kappa shape index (κ3) is 7.48. The third-order valence-corrected chi connectivity index (χ3v) is 3.23. The molecule has 0 spiro atoms. The highest BCUT2D eigenvalue weighted by Gasteiger charge is 2.20. The number of nitrogens with one attached hydrogen (secondary N) is 1. The first kappa shape index (κ1) is 17.0. The summed E-state index contributed by atoms with van der Waals surface area (Å²) in [7, 11) is 1.73. The van der Waals surface area contributed by atoms with Gasteiger partial charge in [0.1, 0.15) is 0 Å². The second-order valence-corrected chi connectivity index (χ2v) is 5.25. The molecule has 0 atom stereocenters. The number of carboxylic acids is 1. The van der Waals surface area contributed by atoms with Crippen LogP contribution in [0, 0.1) is 0 Å². The van der Waals surface area contributed by atoms with Crippen LogP contribution in [-0.4, -0.2) is 30.8 Å². The van der Waals surface area contributed by atoms with E-state index in [4.69, 9.17) is 26.2 Å². The summed E-state index contributed by atoms with van der Waals surface area (Å²) in [5.41, 5.74) is 2.49. The normalized spacial score (nSPS) is 13.6. The average Bonchev–Trinajstić information content (AvgIpc) is 3.19. The van der Waals surface area contributed by atoms with Crippen LogP contribution in [0.15, 0.2) is 18.2 Å². The molecule has 0 heterocycles. The smallest absolute Gasteiger partial charge is 0.300 e. The van der Waals surface area contributed by atoms with Gasteiger partial charge in [0, 0.05) is 31.6 Å². The van der Waals surface area contributed by atoms with Crippen LogP contribution in [0.4, 0.5) is 0 Å². The van der Waals surface area contributed by atoms with Crippen molar-refractivity contribution >= 4 is 17.6 Å². The number of ether oxygens (including phenoxy) is 1. The molecule has 1 aliphatic carbocycles. The van der Waals surface area contributed by atoms with E-state index in [-0.39, 0.29) is 0 Å². The lowest BCUT2D eigenvalue weighted by Crippen LogP contribution is -2.15. The van der Waals surface area contributed by atoms with Crippen molar-refractivity contribution in [1.82, 2.24) is 5.32 Å². The fourth-order valence-electron chi connectivity index (χ4n) is 1.68. The highest BCUT2D eigenvalue weighted by atomic mass is 35.5. The molecule has 0 saturated heterocycles. The molecule has 2 rings (SSSR count). The maximum absolute atomic E-state index is 9.00. The Morgan fingerprint density at radius 2 is 2.15 bits per heavy atom. The van der Waals surface area contributed by atoms with E-state index in [1.807, 2.05) is 6.07 Å². The Balaban J connectivity index is 0.000000444. The van der Waals surface area contributed by atoms with Gasteiger partial charge in [-0.1, -0.05) is 23.7 Å². The van der Waals surface area contributed by atoms with Crippen LogP contribution in [0.1, 0.15) is 30.9 Å². The first-order valence-electron chi connectivity index (χ1n) is 6.72. The maximum Gasteiger partial charge on any atom is 0.300 e. The van der Waals surface area contributed by atoms with E-state index in [1.165, 1.54) is 24.0 Å². The SMILES string of the molecule is CC(=O)O.COCCc1ccc(Cl)c(CNC2CC2)c1. The third-order valence-electron chi connectivity index (χ3n) is 2.86. The quantitative estimate of drug-likeness (QED) is 0.848. The number of halogens is 1. The molecule has 0 amide bonds. The zero-order valence-electron chi connectivity index (χ0n) is 12.0. The molecule has 0 aromatic heterocycles. The summed E-state index contributed by atoms with van der Waals surface area (Å²) in [6.07, 6.45) is 3.56. The zero-order valence-corrected chi connectivity index (χ0v) is 12.7. The Bertz CT molecular complexity index is 429. The van der Waals surface area contributed by atoms with Crippen LogP contribution >= 0.6 is 11.6 Å². The zero-order chi connectivity index (χ0) is 15.0. The van der Waals surface area contributed by atoms with Gasteiger partial charge >= 0.3 is 0 Å². The number of carboxylic acid groups (broad SMARTS) is 1. The van der Waals surface area contributed by atoms with Crippen molar-refractivity contribution in [3.05, 3.63) is 34.3 Å². The first-order valence-corrected chi connectivity index (χ1v) is 7.10. The van der Waals surface area contributed by atoms with Gasteiger partial charge in [0.05, 0.1) is 6.61 Å². The lowest BCUT2D eigenvalue weighted by atomic mass is 10.1. The van der Waals surface area contributed by atoms with E-state index >= 15 is 0 Å². The van der Waals surface area contributed by atoms with Crippen LogP contribution < -0.4 is 5.32 Å². The molecule has 0 radical (unpaired) electrons. The molecule has 1 saturated carbocycles. The van der Waals surface area contributed by atoms with Crippen LogP contribution in [0.2, 0.25) is 5.02 Å². The summed E-state index contributed by atoms with van der Waals surface area (Å²) in [4.78, 5) is 9.00. The van der Waals surface area contributed by atoms with Crippen LogP contribution in [0.3, 0.4) is 0 Å². The Hall–Kier alpha value is -1.10. The second-order valence-electron chi connectivity index (χ2n) is 4.84. The second kappa shape index (κ2) is 8.95. The standard InChI is InChI=1S/C13H18ClNO.C2H4O2/c1-16-7-6-10-2-5-13(14)11(8-10)9-15-12-3-4-12;1-2(3)4/h2,5,8,12,15H,3-4,6-7,9H2,1H3;1H3,(H,3,4). The maximum atomic E-state index is 9.00. The molecule has 0 aliphatic heterocycles. The summed E-state index contributed by atoms with van der Waals surface area (Å²) in [5.74, 6) is -0.833. The Morgan fingerprint density at radius 3 is 2.70 bits per heavy atom. The van der Waals surface area contributed by atoms with Crippen LogP contribution in [0.25, 0.3) is 0 Å². The predicted octanol–water partition coefficient (Wildman–Crippen LogP) is 2.87. The van der Waals surface area contributed by atoms with Crippen molar-refractivity contribution in [2.75, 3.05) is 13.7 Å². The molecule has 4 nitrogen and oxygen atoms in total. The molecule has 2 N–H and O–H groups in total. The van der Waals surface area contributed by atoms with Gasteiger partial charge in [-0.15, -0.1) is 0 Å². The lowest BCUT2D eigenvalue weighted by molar-refractivity contribution is -0.134. The Kier molecular flexibility index (Phi) is 7.59. The molecule has 1 aromatic carbocycles. The van der Waals surface area contributed by atoms with Crippen LogP contribution in [0.5, 0.6) is 0 Å². The van der Waals surface area contributed by atoms with Gasteiger partial charge in [-0.2, -0.15) is 0 Å². The number of aliphatic carboxylic acids is 1. The van der Waals surface area contributed by atoms with Gasteiger partial charge in [-0.25, -0.2) is 0 Å². The summed E-state index contributed by atoms with van der Waals surface area (Å²) in [6, 6.07) is 6.95. The van der Waals surface area contributed by atoms with E-state index in [2.05, 4.69) is 17.4 Å². The fraction of sp³-hybridized carbons (Fsp3) is 0.533. The van der Waals surface area contributed by atoms with E-state index < -0.39 is 5.97 Å². The highest BCUT2D eigenvalue weighted by Crippen LogP contribution is 2.22. The molecule has 1 aromatic rings. The summed E-state index contributed by atoms with van der Waals surface area (Å²) >= 11 is 6.16. The Labute approximate surface area is 125 Å². The molecule has 112 valence electrons. The average molecular weight is 300 g/mol. The molecule has 20 heavy (non-hydrogen) atoms. The number of hydrogen-bond acceptors (Lipinski definition) is 3. The highest BCUT2D eigenvalue weighted by molar-refractivity contribution is 6.31. The summed E-state index contributed by atoms with van der Waals surface area (Å²) in [6.45, 7) is 2.72. The van der Waals surface area contributed by atoms with Crippen molar-refractivity contribution in [3.8, 4) is 0 Å². The Morgan fingerprint density at radius 1 is 1.50 bits per heavy atom. The van der Waals surface area contributed by atoms with Crippen molar-refractivity contribution in [3.63, 3.8) is 0 Å². The van der Waals surface area contributed by atoms with E-state index in [1.54, 1.807) is 7.11 Å². The number of benzene rings is 1. The van der Waals surface area contributed by atoms with Crippen LogP contribution in [-0.2, 0) is 22.5 Å². The summed E-state index contributed by atoms with van der Waals surface area (Å²) < 4.78 is 5.08. The number of hydrogen-bond donors (Lipinski definition) is 2. The van der Waals surface area contributed by atoms with Crippen molar-refractivity contribution in [2.24, 2.45) is 0 Å². The van der Waals surface area contributed by atoms with Gasteiger partial charge in [0.25, 0.3) is 5.97 Å². The van der Waals surface area contributed by atoms with Crippen molar-refractivity contribution in [2.45, 2.75) is 38.8 Å². The van der Waals surface area contributed by atoms with Gasteiger partial charge in [0.2, 0.25) is 0 Å². The largest absolute Gasteiger partial charge is 0.481 e. The van der Waals surface area contributed by atoms with E-state index in [0.717, 1.165) is 37.6 Å². The minimum atomic E-state index is -0.833. The lowest BCUT2D eigenvalue weighted by Gasteiger charge is -2.08. The van der Waals surface area contributed by atoms with Crippen molar-refractivity contribution in [1.29, 1.82) is 0 Å². The van der Waals surface area contributed by atoms with E-state index in [0.29, 0.717) is 0 Å². The summed E-state index contributed by atoms with van der Waals surface area (Å²) in [5, 5.41) is 11.8. The molecule has 0 bridgehead atoms. The topological polar surface area (TPSA) is 58.6 Å². The molecule has 5 heteroatoms.